The van der Waals surface area contributed by atoms with E-state index in [1.54, 1.807) is 36.4 Å². The van der Waals surface area contributed by atoms with E-state index in [-0.39, 0.29) is 24.0 Å². The van der Waals surface area contributed by atoms with Crippen LogP contribution in [0.2, 0.25) is 0 Å². The number of carbonyl (C=O) groups excluding carboxylic acids is 1. The van der Waals surface area contributed by atoms with Gasteiger partial charge in [-0.1, -0.05) is 75.6 Å². The number of ether oxygens (including phenoxy) is 1. The second-order valence-corrected chi connectivity index (χ2v) is 11.3. The van der Waals surface area contributed by atoms with Crippen LogP contribution in [0.4, 0.5) is 10.5 Å². The van der Waals surface area contributed by atoms with Crippen LogP contribution in [-0.4, -0.2) is 34.9 Å². The first-order valence-electron chi connectivity index (χ1n) is 12.6. The highest BCUT2D eigenvalue weighted by Gasteiger charge is 2.52. The van der Waals surface area contributed by atoms with Crippen molar-refractivity contribution in [1.82, 2.24) is 0 Å². The van der Waals surface area contributed by atoms with E-state index in [1.807, 2.05) is 31.2 Å². The number of anilines is 1. The molecule has 1 amide bonds. The molecule has 0 aliphatic heterocycles. The van der Waals surface area contributed by atoms with Crippen LogP contribution in [0.25, 0.3) is 5.03 Å². The van der Waals surface area contributed by atoms with Crippen LogP contribution in [0, 0.1) is 23.2 Å². The Kier molecular flexibility index (Phi) is 8.97. The molecular formula is C30H29BrClNO6. The average molecular weight is 615 g/mol. The van der Waals surface area contributed by atoms with E-state index in [0.717, 1.165) is 10.0 Å². The smallest absolute Gasteiger partial charge is 0.411 e. The van der Waals surface area contributed by atoms with Gasteiger partial charge in [-0.2, -0.15) is 0 Å². The lowest BCUT2D eigenvalue weighted by molar-refractivity contribution is -0.152. The molecule has 204 valence electrons. The number of amides is 1. The number of hydrogen-bond donors (Lipinski definition) is 3. The minimum absolute atomic E-state index is 0.0655. The monoisotopic (exact) mass is 613 g/mol. The summed E-state index contributed by atoms with van der Waals surface area (Å²) in [4.78, 5) is 36.1. The molecule has 2 aromatic rings. The third kappa shape index (κ3) is 6.62. The largest absolute Gasteiger partial charge is 0.481 e. The molecule has 39 heavy (non-hydrogen) atoms. The number of rotatable bonds is 8. The van der Waals surface area contributed by atoms with Crippen LogP contribution in [0.5, 0.6) is 0 Å². The number of hydrogen-bond acceptors (Lipinski definition) is 4. The SMILES string of the molecule is CC1=C[C@@H](/C=C(\Cl)c2ccc(C(=O)O)cc2)[C@]2(C(=O)O)C=C[C@@H](CCOC(=O)Nc3cccc(Br)c3)C[C@@H]2C1. The van der Waals surface area contributed by atoms with Crippen molar-refractivity contribution in [1.29, 1.82) is 0 Å². The van der Waals surface area contributed by atoms with Gasteiger partial charge in [0.05, 0.1) is 17.6 Å². The Morgan fingerprint density at radius 2 is 1.87 bits per heavy atom. The third-order valence-corrected chi connectivity index (χ3v) is 8.23. The number of aromatic carboxylic acids is 1. The van der Waals surface area contributed by atoms with Gasteiger partial charge < -0.3 is 14.9 Å². The van der Waals surface area contributed by atoms with Crippen molar-refractivity contribution in [2.45, 2.75) is 26.2 Å². The van der Waals surface area contributed by atoms with Gasteiger partial charge in [0.25, 0.3) is 0 Å². The fraction of sp³-hybridized carbons (Fsp3) is 0.300. The van der Waals surface area contributed by atoms with Gasteiger partial charge in [0.1, 0.15) is 0 Å². The normalized spacial score (nSPS) is 24.3. The zero-order valence-electron chi connectivity index (χ0n) is 21.3. The molecule has 2 aliphatic carbocycles. The van der Waals surface area contributed by atoms with Crippen molar-refractivity contribution in [3.63, 3.8) is 0 Å². The van der Waals surface area contributed by atoms with E-state index in [1.165, 1.54) is 12.1 Å². The number of nitrogens with one attached hydrogen (secondary N) is 1. The molecular weight excluding hydrogens is 586 g/mol. The summed E-state index contributed by atoms with van der Waals surface area (Å²) in [6.45, 7) is 2.20. The van der Waals surface area contributed by atoms with Crippen LogP contribution in [0.3, 0.4) is 0 Å². The van der Waals surface area contributed by atoms with E-state index >= 15 is 0 Å². The van der Waals surface area contributed by atoms with Crippen molar-refractivity contribution in [2.75, 3.05) is 11.9 Å². The van der Waals surface area contributed by atoms with Crippen molar-refractivity contribution in [2.24, 2.45) is 23.2 Å². The third-order valence-electron chi connectivity index (χ3n) is 7.39. The number of allylic oxidation sites excluding steroid dienone is 4. The minimum atomic E-state index is -1.16. The maximum Gasteiger partial charge on any atom is 0.411 e. The van der Waals surface area contributed by atoms with E-state index in [4.69, 9.17) is 21.4 Å². The maximum atomic E-state index is 12.8. The second kappa shape index (κ2) is 12.2. The fourth-order valence-corrected chi connectivity index (χ4v) is 6.11. The lowest BCUT2D eigenvalue weighted by atomic mass is 9.56. The van der Waals surface area contributed by atoms with Gasteiger partial charge in [-0.15, -0.1) is 0 Å². The molecule has 7 nitrogen and oxygen atoms in total. The first-order valence-corrected chi connectivity index (χ1v) is 13.8. The molecule has 3 N–H and O–H groups in total. The molecule has 4 atom stereocenters. The van der Waals surface area contributed by atoms with Gasteiger partial charge >= 0.3 is 18.0 Å². The van der Waals surface area contributed by atoms with Crippen molar-refractivity contribution >= 4 is 56.3 Å². The lowest BCUT2D eigenvalue weighted by Crippen LogP contribution is -2.47. The summed E-state index contributed by atoms with van der Waals surface area (Å²) in [5.41, 5.74) is 1.32. The molecule has 0 radical (unpaired) electrons. The van der Waals surface area contributed by atoms with Crippen LogP contribution in [-0.2, 0) is 9.53 Å². The van der Waals surface area contributed by atoms with Crippen molar-refractivity contribution < 1.29 is 29.3 Å². The first-order chi connectivity index (χ1) is 18.6. The number of carboxylic acid groups (broad SMARTS) is 2. The van der Waals surface area contributed by atoms with E-state index in [2.05, 4.69) is 21.2 Å². The number of fused-ring (bicyclic) bond motifs is 1. The summed E-state index contributed by atoms with van der Waals surface area (Å²) < 4.78 is 6.22. The lowest BCUT2D eigenvalue weighted by Gasteiger charge is -2.46. The highest BCUT2D eigenvalue weighted by atomic mass is 79.9. The summed E-state index contributed by atoms with van der Waals surface area (Å²) in [5, 5.41) is 22.7. The number of carboxylic acids is 2. The predicted molar refractivity (Wildman–Crippen MR) is 154 cm³/mol. The van der Waals surface area contributed by atoms with Gasteiger partial charge in [0.15, 0.2) is 0 Å². The summed E-state index contributed by atoms with van der Waals surface area (Å²) in [7, 11) is 0. The molecule has 0 bridgehead atoms. The van der Waals surface area contributed by atoms with Gasteiger partial charge in [-0.25, -0.2) is 9.59 Å². The fourth-order valence-electron chi connectivity index (χ4n) is 5.44. The average Bonchev–Trinajstić information content (AvgIpc) is 2.88. The van der Waals surface area contributed by atoms with E-state index in [9.17, 15) is 19.5 Å². The van der Waals surface area contributed by atoms with Gasteiger partial charge in [0, 0.05) is 21.1 Å². The highest BCUT2D eigenvalue weighted by molar-refractivity contribution is 9.10. The van der Waals surface area contributed by atoms with Gasteiger partial charge in [0.2, 0.25) is 0 Å². The molecule has 0 saturated heterocycles. The van der Waals surface area contributed by atoms with E-state index in [0.29, 0.717) is 35.5 Å². The Bertz CT molecular complexity index is 1350. The molecule has 9 heteroatoms. The van der Waals surface area contributed by atoms with Crippen LogP contribution >= 0.6 is 27.5 Å². The van der Waals surface area contributed by atoms with Crippen LogP contribution < -0.4 is 5.32 Å². The Morgan fingerprint density at radius 3 is 2.54 bits per heavy atom. The first kappa shape index (κ1) is 28.6. The number of benzene rings is 2. The Hall–Kier alpha value is -3.36. The van der Waals surface area contributed by atoms with Crippen LogP contribution in [0.15, 0.2) is 82.9 Å². The van der Waals surface area contributed by atoms with Gasteiger partial charge in [-0.3, -0.25) is 10.1 Å². The quantitative estimate of drug-likeness (QED) is 0.264. The zero-order chi connectivity index (χ0) is 28.2. The van der Waals surface area contributed by atoms with E-state index < -0.39 is 29.4 Å². The highest BCUT2D eigenvalue weighted by Crippen LogP contribution is 2.53. The standard InChI is InChI=1S/C30H29BrClNO6/c1-18-13-22-15-19(10-12-39-29(38)33-25-4-2-3-24(31)17-25)9-11-30(22,28(36)37)23(14-18)16-26(32)20-5-7-21(8-6-20)27(34)35/h2-9,11,14,16-17,19,22-23H,10,12-13,15H2,1H3,(H,33,38)(H,34,35)(H,36,37)/b26-16-/t19-,22-,23-,30-/m0/s1. The van der Waals surface area contributed by atoms with Crippen molar-refractivity contribution in [3.8, 4) is 0 Å². The molecule has 0 saturated carbocycles. The van der Waals surface area contributed by atoms with Crippen molar-refractivity contribution in [3.05, 3.63) is 94.0 Å². The number of halogens is 2. The van der Waals surface area contributed by atoms with Crippen LogP contribution in [0.1, 0.15) is 42.1 Å². The molecule has 4 rings (SSSR count). The Labute approximate surface area is 240 Å². The molecule has 0 unspecified atom stereocenters. The zero-order valence-corrected chi connectivity index (χ0v) is 23.6. The second-order valence-electron chi connectivity index (χ2n) is 9.99. The summed E-state index contributed by atoms with van der Waals surface area (Å²) >= 11 is 9.98. The summed E-state index contributed by atoms with van der Waals surface area (Å²) in [5.74, 6) is -2.52. The Balaban J connectivity index is 1.46. The molecule has 0 heterocycles. The predicted octanol–water partition coefficient (Wildman–Crippen LogP) is 7.60. The van der Waals surface area contributed by atoms with Gasteiger partial charge in [-0.05, 0) is 73.9 Å². The molecule has 2 aliphatic rings. The summed E-state index contributed by atoms with van der Waals surface area (Å²) in [6.07, 6.45) is 8.74. The number of aliphatic carboxylic acids is 1. The molecule has 2 aromatic carbocycles. The molecule has 0 spiro atoms. The maximum absolute atomic E-state index is 12.8. The minimum Gasteiger partial charge on any atom is -0.481 e. The molecule has 0 aromatic heterocycles. The summed E-state index contributed by atoms with van der Waals surface area (Å²) in [6, 6.07) is 13.4. The Morgan fingerprint density at radius 1 is 1.15 bits per heavy atom. The number of carbonyl (C=O) groups is 3. The molecule has 0 fully saturated rings. The topological polar surface area (TPSA) is 113 Å².